The second-order valence-electron chi connectivity index (χ2n) is 3.61. The minimum Gasteiger partial charge on any atom is -0.465 e. The quantitative estimate of drug-likeness (QED) is 0.873. The topological polar surface area (TPSA) is 51.2 Å². The van der Waals surface area contributed by atoms with Crippen molar-refractivity contribution in [1.82, 2.24) is 4.98 Å². The fourth-order valence-corrected chi connectivity index (χ4v) is 2.37. The van der Waals surface area contributed by atoms with Crippen molar-refractivity contribution in [2.45, 2.75) is 6.92 Å². The maximum Gasteiger partial charge on any atom is 0.349 e. The summed E-state index contributed by atoms with van der Waals surface area (Å²) in [5.41, 5.74) is 2.06. The van der Waals surface area contributed by atoms with E-state index in [2.05, 4.69) is 31.0 Å². The van der Waals surface area contributed by atoms with Gasteiger partial charge in [0.15, 0.2) is 5.13 Å². The Balaban J connectivity index is 2.16. The van der Waals surface area contributed by atoms with Crippen LogP contribution in [-0.2, 0) is 4.74 Å². The van der Waals surface area contributed by atoms with Crippen LogP contribution in [0.5, 0.6) is 0 Å². The van der Waals surface area contributed by atoms with Crippen LogP contribution < -0.4 is 5.32 Å². The number of anilines is 2. The second kappa shape index (κ2) is 5.49. The third-order valence-corrected chi connectivity index (χ3v) is 4.08. The lowest BCUT2D eigenvalue weighted by atomic mass is 10.2. The lowest BCUT2D eigenvalue weighted by molar-refractivity contribution is 0.0606. The Morgan fingerprint density at radius 2 is 2.28 bits per heavy atom. The van der Waals surface area contributed by atoms with Crippen molar-refractivity contribution in [3.05, 3.63) is 39.3 Å². The van der Waals surface area contributed by atoms with Gasteiger partial charge in [-0.2, -0.15) is 0 Å². The molecule has 0 bridgehead atoms. The summed E-state index contributed by atoms with van der Waals surface area (Å²) >= 11 is 4.71. The molecule has 94 valence electrons. The number of thiazole rings is 1. The highest BCUT2D eigenvalue weighted by Gasteiger charge is 2.10. The molecule has 1 aromatic heterocycles. The molecule has 2 rings (SSSR count). The molecule has 0 amide bonds. The van der Waals surface area contributed by atoms with Crippen LogP contribution in [0.25, 0.3) is 0 Å². The first-order valence-corrected chi connectivity index (χ1v) is 6.78. The van der Waals surface area contributed by atoms with Crippen molar-refractivity contribution in [2.75, 3.05) is 12.4 Å². The first kappa shape index (κ1) is 13.0. The van der Waals surface area contributed by atoms with Gasteiger partial charge < -0.3 is 10.1 Å². The van der Waals surface area contributed by atoms with Crippen molar-refractivity contribution >= 4 is 44.1 Å². The third kappa shape index (κ3) is 2.88. The second-order valence-corrected chi connectivity index (χ2v) is 5.50. The van der Waals surface area contributed by atoms with Gasteiger partial charge in [-0.25, -0.2) is 9.78 Å². The molecule has 0 spiro atoms. The summed E-state index contributed by atoms with van der Waals surface area (Å²) in [5, 5.41) is 3.81. The van der Waals surface area contributed by atoms with Crippen molar-refractivity contribution in [2.24, 2.45) is 0 Å². The fourth-order valence-electron chi connectivity index (χ4n) is 1.37. The maximum absolute atomic E-state index is 11.3. The number of methoxy groups -OCH3 is 1. The number of esters is 1. The van der Waals surface area contributed by atoms with Crippen LogP contribution in [0.1, 0.15) is 15.2 Å². The number of hydrogen-bond acceptors (Lipinski definition) is 5. The van der Waals surface area contributed by atoms with E-state index in [1.165, 1.54) is 24.6 Å². The smallest absolute Gasteiger partial charge is 0.349 e. The first-order chi connectivity index (χ1) is 8.60. The number of rotatable bonds is 3. The van der Waals surface area contributed by atoms with Gasteiger partial charge in [-0.1, -0.05) is 27.3 Å². The molecular formula is C12H11BrN2O2S. The van der Waals surface area contributed by atoms with E-state index in [0.29, 0.717) is 10.0 Å². The van der Waals surface area contributed by atoms with Crippen LogP contribution in [-0.4, -0.2) is 18.1 Å². The number of carbonyl (C=O) groups is 1. The molecule has 1 N–H and O–H groups in total. The number of benzene rings is 1. The number of ether oxygens (including phenoxy) is 1. The summed E-state index contributed by atoms with van der Waals surface area (Å²) in [6, 6.07) is 5.91. The molecule has 0 fully saturated rings. The molecule has 6 heteroatoms. The number of nitrogens with zero attached hydrogens (tertiary/aromatic N) is 1. The summed E-state index contributed by atoms with van der Waals surface area (Å²) in [6.07, 6.45) is 1.50. The van der Waals surface area contributed by atoms with Crippen LogP contribution in [0.4, 0.5) is 10.8 Å². The average molecular weight is 327 g/mol. The molecular weight excluding hydrogens is 316 g/mol. The molecule has 0 unspecified atom stereocenters. The molecule has 0 atom stereocenters. The van der Waals surface area contributed by atoms with Crippen LogP contribution in [0.2, 0.25) is 0 Å². The van der Waals surface area contributed by atoms with E-state index in [9.17, 15) is 4.79 Å². The van der Waals surface area contributed by atoms with E-state index in [1.54, 1.807) is 0 Å². The number of carbonyl (C=O) groups excluding carboxylic acids is 1. The van der Waals surface area contributed by atoms with Crippen LogP contribution in [0.15, 0.2) is 28.9 Å². The lowest BCUT2D eigenvalue weighted by Crippen LogP contribution is -1.96. The normalized spacial score (nSPS) is 10.2. The summed E-state index contributed by atoms with van der Waals surface area (Å²) in [6.45, 7) is 2.01. The van der Waals surface area contributed by atoms with E-state index in [4.69, 9.17) is 0 Å². The Morgan fingerprint density at radius 1 is 1.50 bits per heavy atom. The highest BCUT2D eigenvalue weighted by atomic mass is 79.9. The molecule has 0 aliphatic heterocycles. The van der Waals surface area contributed by atoms with Crippen LogP contribution >= 0.6 is 27.3 Å². The summed E-state index contributed by atoms with van der Waals surface area (Å²) in [7, 11) is 1.35. The molecule has 0 saturated heterocycles. The standard InChI is InChI=1S/C12H11BrN2O2S/c1-7-5-8(3-4-9(7)13)15-12-14-6-10(18-12)11(16)17-2/h3-6H,1-2H3,(H,14,15). The van der Waals surface area contributed by atoms with Gasteiger partial charge in [-0.05, 0) is 30.7 Å². The minimum absolute atomic E-state index is 0.368. The maximum atomic E-state index is 11.3. The molecule has 2 aromatic rings. The summed E-state index contributed by atoms with van der Waals surface area (Å²) < 4.78 is 5.69. The molecule has 1 aromatic carbocycles. The fraction of sp³-hybridized carbons (Fsp3) is 0.167. The minimum atomic E-state index is -0.368. The number of aromatic nitrogens is 1. The third-order valence-electron chi connectivity index (χ3n) is 2.30. The first-order valence-electron chi connectivity index (χ1n) is 5.17. The van der Waals surface area contributed by atoms with E-state index in [1.807, 2.05) is 25.1 Å². The van der Waals surface area contributed by atoms with Gasteiger partial charge in [0.1, 0.15) is 4.88 Å². The van der Waals surface area contributed by atoms with Crippen LogP contribution in [0, 0.1) is 6.92 Å². The van der Waals surface area contributed by atoms with Gasteiger partial charge in [0, 0.05) is 10.2 Å². The predicted octanol–water partition coefficient (Wildman–Crippen LogP) is 3.74. The lowest BCUT2D eigenvalue weighted by Gasteiger charge is -2.04. The molecule has 0 aliphatic rings. The van der Waals surface area contributed by atoms with Gasteiger partial charge in [0.25, 0.3) is 0 Å². The zero-order chi connectivity index (χ0) is 13.1. The van der Waals surface area contributed by atoms with E-state index in [0.717, 1.165) is 15.7 Å². The zero-order valence-electron chi connectivity index (χ0n) is 9.86. The van der Waals surface area contributed by atoms with E-state index >= 15 is 0 Å². The van der Waals surface area contributed by atoms with Crippen molar-refractivity contribution in [1.29, 1.82) is 0 Å². The average Bonchev–Trinajstić information content (AvgIpc) is 2.81. The Hall–Kier alpha value is -1.40. The number of aryl methyl sites for hydroxylation is 1. The van der Waals surface area contributed by atoms with Gasteiger partial charge >= 0.3 is 5.97 Å². The summed E-state index contributed by atoms with van der Waals surface area (Å²) in [4.78, 5) is 15.9. The van der Waals surface area contributed by atoms with Gasteiger partial charge in [0.05, 0.1) is 13.3 Å². The molecule has 4 nitrogen and oxygen atoms in total. The van der Waals surface area contributed by atoms with E-state index < -0.39 is 0 Å². The molecule has 0 aliphatic carbocycles. The Bertz CT molecular complexity index is 583. The largest absolute Gasteiger partial charge is 0.465 e. The Kier molecular flexibility index (Phi) is 3.98. The molecule has 0 saturated carbocycles. The summed E-state index contributed by atoms with van der Waals surface area (Å²) in [5.74, 6) is -0.368. The van der Waals surface area contributed by atoms with Crippen molar-refractivity contribution in [3.63, 3.8) is 0 Å². The molecule has 18 heavy (non-hydrogen) atoms. The molecule has 0 radical (unpaired) electrons. The predicted molar refractivity (Wildman–Crippen MR) is 75.6 cm³/mol. The van der Waals surface area contributed by atoms with E-state index in [-0.39, 0.29) is 5.97 Å². The van der Waals surface area contributed by atoms with Gasteiger partial charge in [-0.15, -0.1) is 0 Å². The monoisotopic (exact) mass is 326 g/mol. The number of hydrogen-bond donors (Lipinski definition) is 1. The van der Waals surface area contributed by atoms with Crippen molar-refractivity contribution in [3.8, 4) is 0 Å². The highest BCUT2D eigenvalue weighted by Crippen LogP contribution is 2.25. The molecule has 1 heterocycles. The number of nitrogens with one attached hydrogen (secondary N) is 1. The number of halogens is 1. The van der Waals surface area contributed by atoms with Crippen molar-refractivity contribution < 1.29 is 9.53 Å². The Labute approximate surface area is 117 Å². The van der Waals surface area contributed by atoms with Gasteiger partial charge in [0.2, 0.25) is 0 Å². The SMILES string of the molecule is COC(=O)c1cnc(Nc2ccc(Br)c(C)c2)s1. The Morgan fingerprint density at radius 3 is 2.94 bits per heavy atom. The van der Waals surface area contributed by atoms with Crippen LogP contribution in [0.3, 0.4) is 0 Å². The zero-order valence-corrected chi connectivity index (χ0v) is 12.3. The highest BCUT2D eigenvalue weighted by molar-refractivity contribution is 9.10. The van der Waals surface area contributed by atoms with Gasteiger partial charge in [-0.3, -0.25) is 0 Å².